The number of hydrogen-bond acceptors (Lipinski definition) is 5. The number of carbonyl (C=O) groups excluding carboxylic acids is 1. The van der Waals surface area contributed by atoms with Crippen molar-refractivity contribution in [1.82, 2.24) is 25.1 Å². The maximum Gasteiger partial charge on any atom is 0.257 e. The van der Waals surface area contributed by atoms with Crippen molar-refractivity contribution in [2.24, 2.45) is 0 Å². The molecular formula is C20H22N6O. The van der Waals surface area contributed by atoms with Crippen LogP contribution < -0.4 is 5.32 Å². The van der Waals surface area contributed by atoms with E-state index in [-0.39, 0.29) is 5.91 Å². The third kappa shape index (κ3) is 4.20. The fraction of sp³-hybridized carbons (Fsp3) is 0.300. The number of nitrogens with zero attached hydrogens (tertiary/aromatic N) is 5. The zero-order chi connectivity index (χ0) is 18.5. The highest BCUT2D eigenvalue weighted by Crippen LogP contribution is 2.18. The predicted molar refractivity (Wildman–Crippen MR) is 103 cm³/mol. The van der Waals surface area contributed by atoms with Gasteiger partial charge < -0.3 is 5.32 Å². The first-order valence-electron chi connectivity index (χ1n) is 9.25. The summed E-state index contributed by atoms with van der Waals surface area (Å²) < 4.78 is 1.49. The van der Waals surface area contributed by atoms with Gasteiger partial charge in [0, 0.05) is 12.2 Å². The van der Waals surface area contributed by atoms with Gasteiger partial charge in [-0.3, -0.25) is 9.69 Å². The van der Waals surface area contributed by atoms with Crippen molar-refractivity contribution < 1.29 is 4.79 Å². The van der Waals surface area contributed by atoms with Gasteiger partial charge in [-0.15, -0.1) is 5.10 Å². The molecule has 7 nitrogen and oxygen atoms in total. The molecule has 1 aromatic heterocycles. The molecule has 4 rings (SSSR count). The first-order chi connectivity index (χ1) is 13.3. The van der Waals surface area contributed by atoms with E-state index in [2.05, 4.69) is 31.8 Å². The summed E-state index contributed by atoms with van der Waals surface area (Å²) in [7, 11) is 0. The molecule has 1 N–H and O–H groups in total. The highest BCUT2D eigenvalue weighted by Gasteiger charge is 2.14. The van der Waals surface area contributed by atoms with Crippen LogP contribution in [0.15, 0.2) is 54.9 Å². The van der Waals surface area contributed by atoms with Gasteiger partial charge in [0.1, 0.15) is 6.33 Å². The number of carbonyl (C=O) groups is 1. The Morgan fingerprint density at radius 3 is 2.70 bits per heavy atom. The molecule has 0 atom stereocenters. The van der Waals surface area contributed by atoms with Gasteiger partial charge in [0.25, 0.3) is 5.91 Å². The molecular weight excluding hydrogens is 340 g/mol. The van der Waals surface area contributed by atoms with E-state index in [1.807, 2.05) is 36.4 Å². The smallest absolute Gasteiger partial charge is 0.257 e. The molecule has 1 fully saturated rings. The van der Waals surface area contributed by atoms with E-state index in [1.165, 1.54) is 35.8 Å². The SMILES string of the molecule is O=C(Nc1cccc(CN2CCCCC2)c1)c1ccccc1-n1cnnn1. The zero-order valence-corrected chi connectivity index (χ0v) is 15.1. The monoisotopic (exact) mass is 362 g/mol. The molecule has 138 valence electrons. The van der Waals surface area contributed by atoms with Crippen molar-refractivity contribution in [1.29, 1.82) is 0 Å². The largest absolute Gasteiger partial charge is 0.322 e. The van der Waals surface area contributed by atoms with E-state index < -0.39 is 0 Å². The summed E-state index contributed by atoms with van der Waals surface area (Å²) in [6.45, 7) is 3.22. The van der Waals surface area contributed by atoms with Crippen molar-refractivity contribution in [2.45, 2.75) is 25.8 Å². The Balaban J connectivity index is 1.50. The van der Waals surface area contributed by atoms with Gasteiger partial charge in [0.2, 0.25) is 0 Å². The Hall–Kier alpha value is -3.06. The molecule has 27 heavy (non-hydrogen) atoms. The number of aromatic nitrogens is 4. The van der Waals surface area contributed by atoms with Gasteiger partial charge in [-0.2, -0.15) is 4.68 Å². The third-order valence-electron chi connectivity index (χ3n) is 4.78. The van der Waals surface area contributed by atoms with Crippen molar-refractivity contribution in [2.75, 3.05) is 18.4 Å². The minimum Gasteiger partial charge on any atom is -0.322 e. The lowest BCUT2D eigenvalue weighted by atomic mass is 10.1. The zero-order valence-electron chi connectivity index (χ0n) is 15.1. The third-order valence-corrected chi connectivity index (χ3v) is 4.78. The van der Waals surface area contributed by atoms with Gasteiger partial charge >= 0.3 is 0 Å². The molecule has 0 aliphatic carbocycles. The highest BCUT2D eigenvalue weighted by molar-refractivity contribution is 6.06. The first kappa shape index (κ1) is 17.4. The molecule has 0 radical (unpaired) electrons. The molecule has 1 amide bonds. The van der Waals surface area contributed by atoms with Crippen LogP contribution in [0.4, 0.5) is 5.69 Å². The van der Waals surface area contributed by atoms with Crippen LogP contribution in [0.5, 0.6) is 0 Å². The van der Waals surface area contributed by atoms with Crippen LogP contribution >= 0.6 is 0 Å². The van der Waals surface area contributed by atoms with Gasteiger partial charge in [0.15, 0.2) is 0 Å². The summed E-state index contributed by atoms with van der Waals surface area (Å²) in [5.41, 5.74) is 3.17. The Bertz CT molecular complexity index is 902. The molecule has 2 aromatic carbocycles. The molecule has 0 unspecified atom stereocenters. The number of hydrogen-bond donors (Lipinski definition) is 1. The van der Waals surface area contributed by atoms with Crippen LogP contribution in [0.2, 0.25) is 0 Å². The lowest BCUT2D eigenvalue weighted by Crippen LogP contribution is -2.29. The van der Waals surface area contributed by atoms with Gasteiger partial charge in [0.05, 0.1) is 11.3 Å². The Morgan fingerprint density at radius 2 is 1.89 bits per heavy atom. The van der Waals surface area contributed by atoms with Crippen molar-refractivity contribution in [3.8, 4) is 5.69 Å². The number of piperidine rings is 1. The molecule has 0 saturated carbocycles. The van der Waals surface area contributed by atoms with Crippen molar-refractivity contribution in [3.05, 3.63) is 66.0 Å². The Morgan fingerprint density at radius 1 is 1.04 bits per heavy atom. The summed E-state index contributed by atoms with van der Waals surface area (Å²) in [4.78, 5) is 15.3. The normalized spacial score (nSPS) is 14.8. The number of para-hydroxylation sites is 1. The van der Waals surface area contributed by atoms with Crippen LogP contribution in [0, 0.1) is 0 Å². The fourth-order valence-corrected chi connectivity index (χ4v) is 3.46. The molecule has 1 saturated heterocycles. The molecule has 1 aliphatic heterocycles. The van der Waals surface area contributed by atoms with Crippen LogP contribution in [0.3, 0.4) is 0 Å². The summed E-state index contributed by atoms with van der Waals surface area (Å²) in [6.07, 6.45) is 5.34. The van der Waals surface area contributed by atoms with Crippen molar-refractivity contribution >= 4 is 11.6 Å². The fourth-order valence-electron chi connectivity index (χ4n) is 3.46. The molecule has 1 aliphatic rings. The van der Waals surface area contributed by atoms with Gasteiger partial charge in [-0.25, -0.2) is 0 Å². The van der Waals surface area contributed by atoms with E-state index in [4.69, 9.17) is 0 Å². The maximum atomic E-state index is 12.8. The number of benzene rings is 2. The van der Waals surface area contributed by atoms with E-state index in [1.54, 1.807) is 6.07 Å². The molecule has 7 heteroatoms. The number of amides is 1. The molecule has 0 bridgehead atoms. The molecule has 0 spiro atoms. The lowest BCUT2D eigenvalue weighted by molar-refractivity contribution is 0.102. The van der Waals surface area contributed by atoms with Crippen LogP contribution in [-0.2, 0) is 6.54 Å². The van der Waals surface area contributed by atoms with Gasteiger partial charge in [-0.1, -0.05) is 30.7 Å². The average Bonchev–Trinajstić information content (AvgIpc) is 3.24. The quantitative estimate of drug-likeness (QED) is 0.755. The average molecular weight is 362 g/mol. The summed E-state index contributed by atoms with van der Waals surface area (Å²) in [5.74, 6) is -0.184. The number of rotatable bonds is 5. The van der Waals surface area contributed by atoms with Gasteiger partial charge in [-0.05, 0) is 66.2 Å². The second kappa shape index (κ2) is 8.09. The minimum absolute atomic E-state index is 0.184. The Labute approximate surface area is 158 Å². The molecule has 2 heterocycles. The number of nitrogens with one attached hydrogen (secondary N) is 1. The van der Waals surface area contributed by atoms with E-state index in [0.717, 1.165) is 25.3 Å². The van der Waals surface area contributed by atoms with Crippen LogP contribution in [0.1, 0.15) is 35.2 Å². The van der Waals surface area contributed by atoms with E-state index in [0.29, 0.717) is 11.3 Å². The maximum absolute atomic E-state index is 12.8. The topological polar surface area (TPSA) is 75.9 Å². The van der Waals surface area contributed by atoms with E-state index >= 15 is 0 Å². The Kier molecular flexibility index (Phi) is 5.20. The molecule has 3 aromatic rings. The lowest BCUT2D eigenvalue weighted by Gasteiger charge is -2.26. The predicted octanol–water partition coefficient (Wildman–Crippen LogP) is 2.90. The van der Waals surface area contributed by atoms with Crippen LogP contribution in [-0.4, -0.2) is 44.1 Å². The van der Waals surface area contributed by atoms with E-state index in [9.17, 15) is 4.79 Å². The second-order valence-electron chi connectivity index (χ2n) is 6.76. The summed E-state index contributed by atoms with van der Waals surface area (Å²) >= 11 is 0. The number of anilines is 1. The number of tetrazole rings is 1. The second-order valence-corrected chi connectivity index (χ2v) is 6.76. The van der Waals surface area contributed by atoms with Crippen LogP contribution in [0.25, 0.3) is 5.69 Å². The van der Waals surface area contributed by atoms with Crippen molar-refractivity contribution in [3.63, 3.8) is 0 Å². The standard InChI is InChI=1S/C20H22N6O/c27-20(18-9-2-3-10-19(18)26-15-21-23-24-26)22-17-8-6-7-16(13-17)14-25-11-4-1-5-12-25/h2-3,6-10,13,15H,1,4-5,11-12,14H2,(H,22,27). The summed E-state index contributed by atoms with van der Waals surface area (Å²) in [5, 5.41) is 14.2. The first-order valence-corrected chi connectivity index (χ1v) is 9.25. The summed E-state index contributed by atoms with van der Waals surface area (Å²) in [6, 6.07) is 15.3. The minimum atomic E-state index is -0.184. The number of likely N-dealkylation sites (tertiary alicyclic amines) is 1. The highest BCUT2D eigenvalue weighted by atomic mass is 16.1.